The molecule has 0 aliphatic heterocycles. The minimum Gasteiger partial charge on any atom is -0.497 e. The summed E-state index contributed by atoms with van der Waals surface area (Å²) < 4.78 is 10.6. The maximum Gasteiger partial charge on any atom is 0.337 e. The lowest BCUT2D eigenvalue weighted by atomic mass is 10.1. The first-order chi connectivity index (χ1) is 10.3. The van der Waals surface area contributed by atoms with Crippen molar-refractivity contribution in [2.24, 2.45) is 0 Å². The van der Waals surface area contributed by atoms with Crippen LogP contribution in [0.3, 0.4) is 0 Å². The van der Waals surface area contributed by atoms with Gasteiger partial charge in [0, 0.05) is 6.07 Å². The highest BCUT2D eigenvalue weighted by atomic mass is 16.5. The van der Waals surface area contributed by atoms with E-state index in [1.54, 1.807) is 12.1 Å². The van der Waals surface area contributed by atoms with Crippen LogP contribution in [0.15, 0.2) is 18.2 Å². The molecule has 0 aliphatic carbocycles. The number of carbonyl (C=O) groups excluding carboxylic acids is 1. The van der Waals surface area contributed by atoms with Crippen molar-refractivity contribution in [1.29, 1.82) is 0 Å². The van der Waals surface area contributed by atoms with Crippen LogP contribution in [0.25, 0.3) is 0 Å². The van der Waals surface area contributed by atoms with Gasteiger partial charge in [0.05, 0.1) is 25.8 Å². The molecule has 7 heteroatoms. The molecule has 0 aliphatic rings. The molecule has 1 aromatic carbocycles. The van der Waals surface area contributed by atoms with Crippen molar-refractivity contribution in [2.45, 2.75) is 25.9 Å². The van der Waals surface area contributed by atoms with Crippen molar-refractivity contribution < 1.29 is 29.3 Å². The second kappa shape index (κ2) is 7.65. The zero-order valence-corrected chi connectivity index (χ0v) is 12.9. The van der Waals surface area contributed by atoms with Crippen LogP contribution in [0.2, 0.25) is 0 Å². The molecule has 0 saturated carbocycles. The molecule has 1 aromatic rings. The van der Waals surface area contributed by atoms with Crippen LogP contribution in [-0.2, 0) is 4.79 Å². The van der Waals surface area contributed by atoms with E-state index in [1.165, 1.54) is 13.2 Å². The fourth-order valence-electron chi connectivity index (χ4n) is 1.57. The fourth-order valence-corrected chi connectivity index (χ4v) is 1.57. The number of amides is 1. The normalized spacial score (nSPS) is 13.1. The molecular weight excluding hydrogens is 290 g/mol. The van der Waals surface area contributed by atoms with Gasteiger partial charge in [-0.15, -0.1) is 0 Å². The second-order valence-corrected chi connectivity index (χ2v) is 4.97. The fraction of sp³-hybridized carbons (Fsp3) is 0.467. The first kappa shape index (κ1) is 17.8. The summed E-state index contributed by atoms with van der Waals surface area (Å²) in [6.45, 7) is 3.06. The van der Waals surface area contributed by atoms with E-state index >= 15 is 0 Å². The van der Waals surface area contributed by atoms with Crippen molar-refractivity contribution in [3.63, 3.8) is 0 Å². The first-order valence-electron chi connectivity index (χ1n) is 6.86. The van der Waals surface area contributed by atoms with Crippen LogP contribution in [0.5, 0.6) is 11.5 Å². The number of rotatable bonds is 8. The Labute approximate surface area is 128 Å². The molecule has 7 nitrogen and oxygen atoms in total. The standard InChI is InChI=1S/C15H21NO6/c1-4-7-22-12-8-10(21-3)5-6-11(12)13(17)16-9-15(2,20)14(18)19/h5-6,8,20H,4,7,9H2,1-3H3,(H,16,17)(H,18,19). The molecule has 0 aromatic heterocycles. The van der Waals surface area contributed by atoms with Gasteiger partial charge in [-0.3, -0.25) is 4.79 Å². The molecule has 1 unspecified atom stereocenters. The molecule has 0 saturated heterocycles. The van der Waals surface area contributed by atoms with Gasteiger partial charge >= 0.3 is 5.97 Å². The van der Waals surface area contributed by atoms with Gasteiger partial charge in [0.15, 0.2) is 5.60 Å². The molecular formula is C15H21NO6. The topological polar surface area (TPSA) is 105 Å². The Morgan fingerprint density at radius 3 is 2.59 bits per heavy atom. The summed E-state index contributed by atoms with van der Waals surface area (Å²) in [5.41, 5.74) is -1.79. The summed E-state index contributed by atoms with van der Waals surface area (Å²) in [5.74, 6) is -1.06. The predicted molar refractivity (Wildman–Crippen MR) is 79.4 cm³/mol. The summed E-state index contributed by atoms with van der Waals surface area (Å²) >= 11 is 0. The zero-order chi connectivity index (χ0) is 16.8. The minimum absolute atomic E-state index is 0.246. The highest BCUT2D eigenvalue weighted by molar-refractivity contribution is 5.97. The Bertz CT molecular complexity index is 541. The van der Waals surface area contributed by atoms with E-state index < -0.39 is 24.0 Å². The third-order valence-corrected chi connectivity index (χ3v) is 2.95. The summed E-state index contributed by atoms with van der Waals surface area (Å²) in [6, 6.07) is 4.71. The number of hydrogen-bond acceptors (Lipinski definition) is 5. The molecule has 0 heterocycles. The highest BCUT2D eigenvalue weighted by Gasteiger charge is 2.30. The lowest BCUT2D eigenvalue weighted by molar-refractivity contribution is -0.155. The third kappa shape index (κ3) is 4.63. The van der Waals surface area contributed by atoms with Gasteiger partial charge in [0.1, 0.15) is 11.5 Å². The number of carboxylic acids is 1. The quantitative estimate of drug-likeness (QED) is 0.663. The largest absolute Gasteiger partial charge is 0.497 e. The van der Waals surface area contributed by atoms with E-state index in [9.17, 15) is 14.7 Å². The lowest BCUT2D eigenvalue weighted by Crippen LogP contribution is -2.46. The average Bonchev–Trinajstić information content (AvgIpc) is 2.50. The molecule has 1 rings (SSSR count). The summed E-state index contributed by atoms with van der Waals surface area (Å²) in [5, 5.41) is 20.8. The van der Waals surface area contributed by atoms with Crippen LogP contribution in [-0.4, -0.2) is 48.0 Å². The number of benzene rings is 1. The lowest BCUT2D eigenvalue weighted by Gasteiger charge is -2.19. The third-order valence-electron chi connectivity index (χ3n) is 2.95. The van der Waals surface area contributed by atoms with E-state index in [1.807, 2.05) is 6.92 Å². The molecule has 122 valence electrons. The number of methoxy groups -OCH3 is 1. The molecule has 0 fully saturated rings. The van der Waals surface area contributed by atoms with Gasteiger partial charge in [-0.2, -0.15) is 0 Å². The number of ether oxygens (including phenoxy) is 2. The Morgan fingerprint density at radius 1 is 1.36 bits per heavy atom. The van der Waals surface area contributed by atoms with E-state index in [2.05, 4.69) is 5.32 Å². The highest BCUT2D eigenvalue weighted by Crippen LogP contribution is 2.25. The average molecular weight is 311 g/mol. The summed E-state index contributed by atoms with van der Waals surface area (Å²) in [7, 11) is 1.50. The van der Waals surface area contributed by atoms with E-state index in [0.717, 1.165) is 13.3 Å². The summed E-state index contributed by atoms with van der Waals surface area (Å²) in [6.07, 6.45) is 0.770. The van der Waals surface area contributed by atoms with Crippen molar-refractivity contribution in [3.8, 4) is 11.5 Å². The zero-order valence-electron chi connectivity index (χ0n) is 12.9. The first-order valence-corrected chi connectivity index (χ1v) is 6.86. The Kier molecular flexibility index (Phi) is 6.18. The predicted octanol–water partition coefficient (Wildman–Crippen LogP) is 1.05. The Hall–Kier alpha value is -2.28. The van der Waals surface area contributed by atoms with Crippen molar-refractivity contribution in [1.82, 2.24) is 5.32 Å². The maximum absolute atomic E-state index is 12.2. The van der Waals surface area contributed by atoms with Crippen molar-refractivity contribution in [3.05, 3.63) is 23.8 Å². The molecule has 1 atom stereocenters. The number of aliphatic hydroxyl groups is 1. The van der Waals surface area contributed by atoms with E-state index in [4.69, 9.17) is 14.6 Å². The van der Waals surface area contributed by atoms with Crippen LogP contribution in [0.1, 0.15) is 30.6 Å². The van der Waals surface area contributed by atoms with Crippen LogP contribution in [0, 0.1) is 0 Å². The van der Waals surface area contributed by atoms with Gasteiger partial charge in [0.2, 0.25) is 0 Å². The van der Waals surface area contributed by atoms with Gasteiger partial charge in [-0.05, 0) is 25.5 Å². The van der Waals surface area contributed by atoms with E-state index in [0.29, 0.717) is 18.1 Å². The minimum atomic E-state index is -2.04. The summed E-state index contributed by atoms with van der Waals surface area (Å²) in [4.78, 5) is 23.0. The van der Waals surface area contributed by atoms with Crippen LogP contribution >= 0.6 is 0 Å². The van der Waals surface area contributed by atoms with E-state index in [-0.39, 0.29) is 5.56 Å². The van der Waals surface area contributed by atoms with Crippen molar-refractivity contribution in [2.75, 3.05) is 20.3 Å². The molecule has 3 N–H and O–H groups in total. The number of carboxylic acid groups (broad SMARTS) is 1. The molecule has 0 spiro atoms. The second-order valence-electron chi connectivity index (χ2n) is 4.97. The monoisotopic (exact) mass is 311 g/mol. The Morgan fingerprint density at radius 2 is 2.05 bits per heavy atom. The van der Waals surface area contributed by atoms with Crippen LogP contribution in [0.4, 0.5) is 0 Å². The number of carbonyl (C=O) groups is 2. The number of aliphatic carboxylic acids is 1. The van der Waals surface area contributed by atoms with Gasteiger partial charge in [-0.1, -0.05) is 6.92 Å². The number of hydrogen-bond donors (Lipinski definition) is 3. The molecule has 22 heavy (non-hydrogen) atoms. The van der Waals surface area contributed by atoms with Gasteiger partial charge in [0.25, 0.3) is 5.91 Å². The smallest absolute Gasteiger partial charge is 0.337 e. The van der Waals surface area contributed by atoms with Gasteiger partial charge < -0.3 is 25.0 Å². The van der Waals surface area contributed by atoms with Crippen molar-refractivity contribution >= 4 is 11.9 Å². The van der Waals surface area contributed by atoms with Gasteiger partial charge in [-0.25, -0.2) is 4.79 Å². The Balaban J connectivity index is 2.89. The molecule has 1 amide bonds. The SMILES string of the molecule is CCCOc1cc(OC)ccc1C(=O)NCC(C)(O)C(=O)O. The maximum atomic E-state index is 12.2. The van der Waals surface area contributed by atoms with Crippen LogP contribution < -0.4 is 14.8 Å². The molecule has 0 bridgehead atoms. The molecule has 0 radical (unpaired) electrons. The number of nitrogens with one attached hydrogen (secondary N) is 1.